The van der Waals surface area contributed by atoms with Crippen molar-refractivity contribution >= 4 is 11.9 Å². The van der Waals surface area contributed by atoms with Crippen LogP contribution in [0.4, 0.5) is 5.69 Å². The maximum absolute atomic E-state index is 5.93. The van der Waals surface area contributed by atoms with E-state index in [-0.39, 0.29) is 0 Å². The summed E-state index contributed by atoms with van der Waals surface area (Å²) in [4.78, 5) is 0. The largest absolute Gasteiger partial charge is 0.493 e. The van der Waals surface area contributed by atoms with Crippen molar-refractivity contribution in [2.45, 2.75) is 13.5 Å². The Morgan fingerprint density at radius 3 is 2.42 bits per heavy atom. The van der Waals surface area contributed by atoms with E-state index in [0.717, 1.165) is 16.8 Å². The number of hydrogen-bond donors (Lipinski definition) is 1. The van der Waals surface area contributed by atoms with Crippen LogP contribution in [0.5, 0.6) is 11.5 Å². The van der Waals surface area contributed by atoms with Crippen LogP contribution in [0.15, 0.2) is 77.9 Å². The molecule has 0 amide bonds. The number of anilines is 1. The number of hydrogen-bond acceptors (Lipinski definition) is 4. The van der Waals surface area contributed by atoms with E-state index in [9.17, 15) is 0 Å². The Hall–Kier alpha value is -3.27. The smallest absolute Gasteiger partial charge is 0.162 e. The zero-order chi connectivity index (χ0) is 18.2. The highest BCUT2D eigenvalue weighted by Crippen LogP contribution is 2.28. The van der Waals surface area contributed by atoms with Crippen LogP contribution >= 0.6 is 0 Å². The van der Waals surface area contributed by atoms with Crippen LogP contribution in [0.1, 0.15) is 16.7 Å². The van der Waals surface area contributed by atoms with E-state index in [4.69, 9.17) is 9.47 Å². The van der Waals surface area contributed by atoms with E-state index in [1.54, 1.807) is 13.3 Å². The minimum atomic E-state index is 0.486. The second-order valence-electron chi connectivity index (χ2n) is 5.92. The van der Waals surface area contributed by atoms with Crippen molar-refractivity contribution in [3.63, 3.8) is 0 Å². The summed E-state index contributed by atoms with van der Waals surface area (Å²) in [7, 11) is 1.64. The van der Waals surface area contributed by atoms with Crippen LogP contribution in [0.25, 0.3) is 0 Å². The Kier molecular flexibility index (Phi) is 5.88. The third kappa shape index (κ3) is 4.86. The molecule has 0 saturated heterocycles. The molecule has 0 aliphatic heterocycles. The van der Waals surface area contributed by atoms with Gasteiger partial charge in [0.1, 0.15) is 6.61 Å². The van der Waals surface area contributed by atoms with Gasteiger partial charge in [0.2, 0.25) is 0 Å². The predicted octanol–water partition coefficient (Wildman–Crippen LogP) is 5.03. The van der Waals surface area contributed by atoms with Crippen LogP contribution in [0.2, 0.25) is 0 Å². The van der Waals surface area contributed by atoms with Crippen molar-refractivity contribution in [3.8, 4) is 11.5 Å². The molecule has 0 heterocycles. The molecule has 0 saturated carbocycles. The Balaban J connectivity index is 1.67. The maximum atomic E-state index is 5.93. The molecule has 3 aromatic carbocycles. The quantitative estimate of drug-likeness (QED) is 0.482. The molecule has 3 rings (SSSR count). The maximum Gasteiger partial charge on any atom is 0.162 e. The van der Waals surface area contributed by atoms with Gasteiger partial charge < -0.3 is 9.47 Å². The summed E-state index contributed by atoms with van der Waals surface area (Å²) in [6.45, 7) is 2.54. The molecule has 4 heteroatoms. The highest BCUT2D eigenvalue weighted by molar-refractivity contribution is 5.81. The lowest BCUT2D eigenvalue weighted by Crippen LogP contribution is -1.99. The molecule has 0 atom stereocenters. The van der Waals surface area contributed by atoms with Crippen LogP contribution in [0.3, 0.4) is 0 Å². The van der Waals surface area contributed by atoms with Gasteiger partial charge in [-0.25, -0.2) is 0 Å². The third-order valence-corrected chi connectivity index (χ3v) is 3.88. The summed E-state index contributed by atoms with van der Waals surface area (Å²) in [5.74, 6) is 1.39. The number of nitrogens with zero attached hydrogens (tertiary/aromatic N) is 1. The predicted molar refractivity (Wildman–Crippen MR) is 106 cm³/mol. The molecule has 4 nitrogen and oxygen atoms in total. The van der Waals surface area contributed by atoms with Gasteiger partial charge in [-0.15, -0.1) is 0 Å². The molecule has 0 fully saturated rings. The number of ether oxygens (including phenoxy) is 2. The fourth-order valence-corrected chi connectivity index (χ4v) is 2.43. The van der Waals surface area contributed by atoms with Gasteiger partial charge in [0.25, 0.3) is 0 Å². The van der Waals surface area contributed by atoms with Gasteiger partial charge in [0, 0.05) is 0 Å². The Morgan fingerprint density at radius 2 is 1.69 bits per heavy atom. The number of rotatable bonds is 7. The first kappa shape index (κ1) is 17.5. The zero-order valence-electron chi connectivity index (χ0n) is 15.0. The minimum absolute atomic E-state index is 0.486. The number of nitrogens with one attached hydrogen (secondary N) is 1. The molecule has 0 radical (unpaired) electrons. The molecule has 132 valence electrons. The van der Waals surface area contributed by atoms with E-state index in [1.165, 1.54) is 5.56 Å². The first-order chi connectivity index (χ1) is 12.7. The molecular formula is C22H22N2O2. The average molecular weight is 346 g/mol. The summed E-state index contributed by atoms with van der Waals surface area (Å²) in [5.41, 5.74) is 7.22. The Labute approximate surface area is 154 Å². The van der Waals surface area contributed by atoms with E-state index in [2.05, 4.69) is 17.5 Å². The van der Waals surface area contributed by atoms with Gasteiger partial charge in [-0.3, -0.25) is 5.43 Å². The summed E-state index contributed by atoms with van der Waals surface area (Å²) >= 11 is 0. The molecule has 0 spiro atoms. The second kappa shape index (κ2) is 8.72. The third-order valence-electron chi connectivity index (χ3n) is 3.88. The fourth-order valence-electron chi connectivity index (χ4n) is 2.43. The summed E-state index contributed by atoms with van der Waals surface area (Å²) in [6, 6.07) is 23.9. The zero-order valence-corrected chi connectivity index (χ0v) is 15.0. The van der Waals surface area contributed by atoms with Crippen LogP contribution in [0, 0.1) is 6.92 Å². The molecule has 0 unspecified atom stereocenters. The lowest BCUT2D eigenvalue weighted by Gasteiger charge is -2.11. The number of methoxy groups -OCH3 is 1. The molecule has 3 aromatic rings. The van der Waals surface area contributed by atoms with Crippen molar-refractivity contribution in [1.82, 2.24) is 0 Å². The van der Waals surface area contributed by atoms with Crippen molar-refractivity contribution in [2.24, 2.45) is 5.10 Å². The Bertz CT molecular complexity index is 859. The molecule has 0 bridgehead atoms. The highest BCUT2D eigenvalue weighted by Gasteiger charge is 2.05. The molecule has 1 N–H and O–H groups in total. The lowest BCUT2D eigenvalue weighted by molar-refractivity contribution is 0.284. The van der Waals surface area contributed by atoms with Crippen LogP contribution in [-0.2, 0) is 6.61 Å². The van der Waals surface area contributed by atoms with Crippen molar-refractivity contribution in [1.29, 1.82) is 0 Å². The normalized spacial score (nSPS) is 10.7. The first-order valence-electron chi connectivity index (χ1n) is 8.45. The van der Waals surface area contributed by atoms with Crippen LogP contribution < -0.4 is 14.9 Å². The topological polar surface area (TPSA) is 42.8 Å². The summed E-state index contributed by atoms with van der Waals surface area (Å²) in [5, 5.41) is 4.29. The van der Waals surface area contributed by atoms with Gasteiger partial charge in [0.15, 0.2) is 11.5 Å². The van der Waals surface area contributed by atoms with Gasteiger partial charge in [-0.1, -0.05) is 48.0 Å². The van der Waals surface area contributed by atoms with Crippen molar-refractivity contribution < 1.29 is 9.47 Å². The van der Waals surface area contributed by atoms with Gasteiger partial charge in [0.05, 0.1) is 19.0 Å². The summed E-state index contributed by atoms with van der Waals surface area (Å²) in [6.07, 6.45) is 1.76. The molecule has 0 aliphatic carbocycles. The van der Waals surface area contributed by atoms with Gasteiger partial charge in [-0.2, -0.15) is 5.10 Å². The van der Waals surface area contributed by atoms with E-state index in [1.807, 2.05) is 72.8 Å². The fraction of sp³-hybridized carbons (Fsp3) is 0.136. The lowest BCUT2D eigenvalue weighted by atomic mass is 10.2. The van der Waals surface area contributed by atoms with E-state index in [0.29, 0.717) is 18.1 Å². The average Bonchev–Trinajstić information content (AvgIpc) is 2.69. The van der Waals surface area contributed by atoms with Gasteiger partial charge in [-0.05, 0) is 48.4 Å². The van der Waals surface area contributed by atoms with Crippen molar-refractivity contribution in [3.05, 3.63) is 89.5 Å². The molecule has 0 aliphatic rings. The van der Waals surface area contributed by atoms with Crippen molar-refractivity contribution in [2.75, 3.05) is 12.5 Å². The highest BCUT2D eigenvalue weighted by atomic mass is 16.5. The van der Waals surface area contributed by atoms with Gasteiger partial charge >= 0.3 is 0 Å². The SMILES string of the molecule is COc1ccc(/C=N/Nc2ccc(C)cc2)cc1OCc1ccccc1. The van der Waals surface area contributed by atoms with E-state index < -0.39 is 0 Å². The van der Waals surface area contributed by atoms with Crippen LogP contribution in [-0.4, -0.2) is 13.3 Å². The second-order valence-corrected chi connectivity index (χ2v) is 5.92. The minimum Gasteiger partial charge on any atom is -0.493 e. The number of aryl methyl sites for hydroxylation is 1. The molecule has 0 aromatic heterocycles. The summed E-state index contributed by atoms with van der Waals surface area (Å²) < 4.78 is 11.3. The number of benzene rings is 3. The molecular weight excluding hydrogens is 324 g/mol. The standard InChI is InChI=1S/C22H22N2O2/c1-17-8-11-20(12-9-17)24-23-15-19-10-13-21(25-2)22(14-19)26-16-18-6-4-3-5-7-18/h3-15,24H,16H2,1-2H3/b23-15+. The monoisotopic (exact) mass is 346 g/mol. The number of hydrazone groups is 1. The molecule has 26 heavy (non-hydrogen) atoms. The first-order valence-corrected chi connectivity index (χ1v) is 8.45. The Morgan fingerprint density at radius 1 is 0.923 bits per heavy atom. The van der Waals surface area contributed by atoms with E-state index >= 15 is 0 Å².